The normalized spacial score (nSPS) is 21.4. The molecule has 1 aliphatic rings. The number of rotatable bonds is 1. The lowest BCUT2D eigenvalue weighted by atomic mass is 9.96. The molecule has 3 heterocycles. The van der Waals surface area contributed by atoms with Crippen LogP contribution in [-0.2, 0) is 0 Å². The van der Waals surface area contributed by atoms with Crippen LogP contribution in [0.3, 0.4) is 0 Å². The van der Waals surface area contributed by atoms with Crippen molar-refractivity contribution in [1.82, 2.24) is 10.3 Å². The van der Waals surface area contributed by atoms with Gasteiger partial charge in [0.05, 0.1) is 11.6 Å². The molecule has 1 fully saturated rings. The lowest BCUT2D eigenvalue weighted by Gasteiger charge is -2.19. The van der Waals surface area contributed by atoms with Gasteiger partial charge < -0.3 is 10.5 Å². The Morgan fingerprint density at radius 3 is 3.12 bits per heavy atom. The van der Waals surface area contributed by atoms with Crippen LogP contribution in [0.2, 0.25) is 0 Å². The summed E-state index contributed by atoms with van der Waals surface area (Å²) in [5, 5.41) is 15.9. The molecular formula is C12H15N3O. The fourth-order valence-electron chi connectivity index (χ4n) is 2.43. The lowest BCUT2D eigenvalue weighted by molar-refractivity contribution is -0.579. The van der Waals surface area contributed by atoms with Crippen molar-refractivity contribution < 1.29 is 4.73 Å². The number of aromatic amines is 1. The molecule has 1 atom stereocenters. The minimum atomic E-state index is 0.515. The van der Waals surface area contributed by atoms with Gasteiger partial charge in [0.15, 0.2) is 0 Å². The van der Waals surface area contributed by atoms with Crippen molar-refractivity contribution in [3.8, 4) is 0 Å². The van der Waals surface area contributed by atoms with Gasteiger partial charge >= 0.3 is 0 Å². The summed E-state index contributed by atoms with van der Waals surface area (Å²) in [6, 6.07) is 5.85. The maximum absolute atomic E-state index is 11.5. The third-order valence-electron chi connectivity index (χ3n) is 3.30. The topological polar surface area (TPSA) is 54.8 Å². The summed E-state index contributed by atoms with van der Waals surface area (Å²) >= 11 is 0. The molecule has 0 amide bonds. The number of nitrogens with zero attached hydrogens (tertiary/aromatic N) is 1. The van der Waals surface area contributed by atoms with Crippen molar-refractivity contribution in [3.63, 3.8) is 0 Å². The zero-order valence-corrected chi connectivity index (χ0v) is 9.07. The first-order valence-corrected chi connectivity index (χ1v) is 5.76. The SMILES string of the molecule is [O-][n+]1cccc2cc(C3CCCNC3)[nH]c21. The molecule has 4 heteroatoms. The Bertz CT molecular complexity index is 500. The number of aromatic nitrogens is 2. The molecule has 2 aromatic heterocycles. The predicted molar refractivity (Wildman–Crippen MR) is 62.1 cm³/mol. The van der Waals surface area contributed by atoms with E-state index in [0.717, 1.165) is 23.2 Å². The second-order valence-electron chi connectivity index (χ2n) is 4.41. The lowest BCUT2D eigenvalue weighted by Crippen LogP contribution is -2.29. The smallest absolute Gasteiger partial charge is 0.289 e. The van der Waals surface area contributed by atoms with Crippen LogP contribution in [0.5, 0.6) is 0 Å². The van der Waals surface area contributed by atoms with E-state index < -0.39 is 0 Å². The molecule has 0 aromatic carbocycles. The van der Waals surface area contributed by atoms with Crippen molar-refractivity contribution >= 4 is 11.0 Å². The molecule has 2 N–H and O–H groups in total. The molecule has 16 heavy (non-hydrogen) atoms. The molecular weight excluding hydrogens is 202 g/mol. The Kier molecular flexibility index (Phi) is 2.29. The molecule has 4 nitrogen and oxygen atoms in total. The van der Waals surface area contributed by atoms with Crippen LogP contribution in [0.4, 0.5) is 0 Å². The van der Waals surface area contributed by atoms with Crippen LogP contribution in [0.1, 0.15) is 24.5 Å². The van der Waals surface area contributed by atoms with Crippen molar-refractivity contribution in [2.45, 2.75) is 18.8 Å². The van der Waals surface area contributed by atoms with Gasteiger partial charge in [0.25, 0.3) is 5.65 Å². The van der Waals surface area contributed by atoms with E-state index in [1.165, 1.54) is 24.7 Å². The maximum atomic E-state index is 11.5. The summed E-state index contributed by atoms with van der Waals surface area (Å²) in [5.41, 5.74) is 1.85. The minimum Gasteiger partial charge on any atom is -0.711 e. The van der Waals surface area contributed by atoms with Gasteiger partial charge in [0.1, 0.15) is 5.69 Å². The molecule has 0 spiro atoms. The van der Waals surface area contributed by atoms with Gasteiger partial charge in [0.2, 0.25) is 0 Å². The highest BCUT2D eigenvalue weighted by Gasteiger charge is 2.20. The Hall–Kier alpha value is -1.55. The summed E-state index contributed by atoms with van der Waals surface area (Å²) in [6.07, 6.45) is 3.93. The van der Waals surface area contributed by atoms with E-state index in [1.807, 2.05) is 6.07 Å². The van der Waals surface area contributed by atoms with E-state index in [0.29, 0.717) is 11.6 Å². The van der Waals surface area contributed by atoms with Crippen molar-refractivity contribution in [3.05, 3.63) is 35.3 Å². The van der Waals surface area contributed by atoms with E-state index in [2.05, 4.69) is 16.4 Å². The largest absolute Gasteiger partial charge is 0.711 e. The molecule has 0 bridgehead atoms. The number of hydrogen-bond acceptors (Lipinski definition) is 2. The third kappa shape index (κ3) is 1.55. The van der Waals surface area contributed by atoms with E-state index in [4.69, 9.17) is 0 Å². The summed E-state index contributed by atoms with van der Waals surface area (Å²) in [5.74, 6) is 0.515. The predicted octanol–water partition coefficient (Wildman–Crippen LogP) is 1.27. The fraction of sp³-hybridized carbons (Fsp3) is 0.417. The fourth-order valence-corrected chi connectivity index (χ4v) is 2.43. The number of fused-ring (bicyclic) bond motifs is 1. The Balaban J connectivity index is 2.01. The van der Waals surface area contributed by atoms with Gasteiger partial charge in [-0.1, -0.05) is 0 Å². The summed E-state index contributed by atoms with van der Waals surface area (Å²) in [4.78, 5) is 3.24. The van der Waals surface area contributed by atoms with E-state index in [9.17, 15) is 5.21 Å². The number of piperidine rings is 1. The average molecular weight is 217 g/mol. The van der Waals surface area contributed by atoms with Crippen LogP contribution in [0.15, 0.2) is 24.4 Å². The first-order valence-electron chi connectivity index (χ1n) is 5.76. The highest BCUT2D eigenvalue weighted by molar-refractivity contribution is 5.73. The molecule has 0 saturated carbocycles. The van der Waals surface area contributed by atoms with Crippen molar-refractivity contribution in [1.29, 1.82) is 0 Å². The second-order valence-corrected chi connectivity index (χ2v) is 4.41. The van der Waals surface area contributed by atoms with Gasteiger partial charge in [-0.2, -0.15) is 0 Å². The number of H-pyrrole nitrogens is 1. The quantitative estimate of drug-likeness (QED) is 0.558. The molecule has 1 saturated heterocycles. The maximum Gasteiger partial charge on any atom is 0.289 e. The van der Waals surface area contributed by atoms with Gasteiger partial charge in [-0.25, -0.2) is 9.71 Å². The molecule has 3 rings (SSSR count). The molecule has 0 radical (unpaired) electrons. The van der Waals surface area contributed by atoms with Gasteiger partial charge in [-0.15, -0.1) is 0 Å². The standard InChI is InChI=1S/C12H15N3O/c16-15-6-2-4-9-7-11(14-12(9)15)10-3-1-5-13-8-10/h2,4,6-7,10,13-14H,1,3,5,8H2. The highest BCUT2D eigenvalue weighted by atomic mass is 16.5. The van der Waals surface area contributed by atoms with E-state index in [1.54, 1.807) is 6.07 Å². The first-order chi connectivity index (χ1) is 7.84. The molecule has 2 aromatic rings. The Labute approximate surface area is 93.9 Å². The summed E-state index contributed by atoms with van der Waals surface area (Å²) < 4.78 is 0.898. The average Bonchev–Trinajstić information content (AvgIpc) is 2.76. The zero-order valence-electron chi connectivity index (χ0n) is 9.07. The number of pyridine rings is 1. The minimum absolute atomic E-state index is 0.515. The number of hydrogen-bond donors (Lipinski definition) is 2. The van der Waals surface area contributed by atoms with Crippen LogP contribution in [0.25, 0.3) is 11.0 Å². The summed E-state index contributed by atoms with van der Waals surface area (Å²) in [6.45, 7) is 2.12. The first kappa shape index (κ1) is 9.66. The van der Waals surface area contributed by atoms with Crippen LogP contribution < -0.4 is 10.0 Å². The van der Waals surface area contributed by atoms with Crippen LogP contribution in [0, 0.1) is 5.21 Å². The molecule has 0 aliphatic carbocycles. The van der Waals surface area contributed by atoms with Crippen molar-refractivity contribution in [2.75, 3.05) is 13.1 Å². The van der Waals surface area contributed by atoms with E-state index in [-0.39, 0.29) is 0 Å². The highest BCUT2D eigenvalue weighted by Crippen LogP contribution is 2.24. The Morgan fingerprint density at radius 1 is 1.44 bits per heavy atom. The van der Waals surface area contributed by atoms with Gasteiger partial charge in [-0.3, -0.25) is 0 Å². The molecule has 84 valence electrons. The van der Waals surface area contributed by atoms with E-state index >= 15 is 0 Å². The second kappa shape index (κ2) is 3.79. The summed E-state index contributed by atoms with van der Waals surface area (Å²) in [7, 11) is 0. The van der Waals surface area contributed by atoms with Crippen LogP contribution >= 0.6 is 0 Å². The van der Waals surface area contributed by atoms with Gasteiger partial charge in [0, 0.05) is 12.5 Å². The van der Waals surface area contributed by atoms with Crippen molar-refractivity contribution in [2.24, 2.45) is 0 Å². The van der Waals surface area contributed by atoms with Gasteiger partial charge in [-0.05, 0) is 37.6 Å². The zero-order chi connectivity index (χ0) is 11.0. The molecule has 1 aliphatic heterocycles. The molecule has 1 unspecified atom stereocenters. The monoisotopic (exact) mass is 217 g/mol. The Morgan fingerprint density at radius 2 is 2.38 bits per heavy atom. The third-order valence-corrected chi connectivity index (χ3v) is 3.30. The van der Waals surface area contributed by atoms with Crippen LogP contribution in [-0.4, -0.2) is 18.1 Å². The number of nitrogens with one attached hydrogen (secondary N) is 2.